The van der Waals surface area contributed by atoms with Crippen molar-refractivity contribution in [2.24, 2.45) is 0 Å². The Labute approximate surface area is 175 Å². The lowest BCUT2D eigenvalue weighted by molar-refractivity contribution is -0.159. The van der Waals surface area contributed by atoms with Crippen molar-refractivity contribution in [3.05, 3.63) is 87.9 Å². The van der Waals surface area contributed by atoms with Crippen LogP contribution in [0, 0.1) is 6.92 Å². The number of benzene rings is 2. The molecule has 1 heterocycles. The number of aryl methyl sites for hydroxylation is 1. The fraction of sp³-hybridized carbons (Fsp3) is 0.261. The maximum absolute atomic E-state index is 13.1. The van der Waals surface area contributed by atoms with Crippen LogP contribution in [0.2, 0.25) is 0 Å². The summed E-state index contributed by atoms with van der Waals surface area (Å²) in [7, 11) is 0. The number of hydrogen-bond donors (Lipinski definition) is 0. The second-order valence-corrected chi connectivity index (χ2v) is 7.89. The molecule has 2 aromatic carbocycles. The van der Waals surface area contributed by atoms with E-state index in [1.54, 1.807) is 11.8 Å². The molecule has 0 radical (unpaired) electrons. The third kappa shape index (κ3) is 6.26. The van der Waals surface area contributed by atoms with Crippen LogP contribution in [0.15, 0.2) is 66.0 Å². The van der Waals surface area contributed by atoms with E-state index in [0.717, 1.165) is 16.1 Å². The van der Waals surface area contributed by atoms with E-state index >= 15 is 0 Å². The first-order chi connectivity index (χ1) is 14.0. The minimum absolute atomic E-state index is 0.0688. The molecular weight excluding hydrogens is 384 g/mol. The summed E-state index contributed by atoms with van der Waals surface area (Å²) in [6.45, 7) is 4.40. The Morgan fingerprint density at radius 2 is 1.55 bits per heavy atom. The average Bonchev–Trinajstić information content (AvgIpc) is 3.12. The first kappa shape index (κ1) is 20.7. The lowest BCUT2D eigenvalue weighted by Gasteiger charge is -2.26. The smallest absolute Gasteiger partial charge is 0.312 e. The lowest BCUT2D eigenvalue weighted by Crippen LogP contribution is -2.39. The monoisotopic (exact) mass is 408 g/mol. The van der Waals surface area contributed by atoms with Gasteiger partial charge in [-0.05, 0) is 25.0 Å². The summed E-state index contributed by atoms with van der Waals surface area (Å²) in [6, 6.07) is 19.6. The molecule has 1 amide bonds. The van der Waals surface area contributed by atoms with Crippen LogP contribution in [0.1, 0.15) is 28.8 Å². The predicted molar refractivity (Wildman–Crippen MR) is 113 cm³/mol. The summed E-state index contributed by atoms with van der Waals surface area (Å²) in [5.41, 5.74) is 2.71. The maximum atomic E-state index is 13.1. The highest BCUT2D eigenvalue weighted by Crippen LogP contribution is 2.14. The second kappa shape index (κ2) is 9.98. The van der Waals surface area contributed by atoms with Gasteiger partial charge in [-0.15, -0.1) is 11.3 Å². The highest BCUT2D eigenvalue weighted by atomic mass is 32.1. The zero-order valence-electron chi connectivity index (χ0n) is 16.6. The van der Waals surface area contributed by atoms with Crippen molar-refractivity contribution in [3.63, 3.8) is 0 Å². The summed E-state index contributed by atoms with van der Waals surface area (Å²) < 4.78 is 5.42. The van der Waals surface area contributed by atoms with Gasteiger partial charge in [-0.3, -0.25) is 9.59 Å². The molecule has 1 aromatic heterocycles. The van der Waals surface area contributed by atoms with Crippen molar-refractivity contribution in [1.29, 1.82) is 0 Å². The number of nitrogens with zero attached hydrogens (tertiary/aromatic N) is 2. The Morgan fingerprint density at radius 3 is 2.03 bits per heavy atom. The van der Waals surface area contributed by atoms with Gasteiger partial charge >= 0.3 is 5.97 Å². The number of amides is 1. The number of esters is 1. The van der Waals surface area contributed by atoms with E-state index < -0.39 is 12.1 Å². The molecule has 0 fully saturated rings. The molecule has 29 heavy (non-hydrogen) atoms. The van der Waals surface area contributed by atoms with Crippen molar-refractivity contribution in [2.45, 2.75) is 39.5 Å². The van der Waals surface area contributed by atoms with Crippen molar-refractivity contribution < 1.29 is 14.3 Å². The Balaban J connectivity index is 1.67. The van der Waals surface area contributed by atoms with E-state index in [4.69, 9.17) is 4.74 Å². The SMILES string of the molecule is Cc1nc(CC(=O)OC(C)C(=O)N(Cc2ccccc2)Cc2ccccc2)cs1. The summed E-state index contributed by atoms with van der Waals surface area (Å²) in [5, 5.41) is 2.73. The van der Waals surface area contributed by atoms with Gasteiger partial charge in [0.1, 0.15) is 0 Å². The third-order valence-electron chi connectivity index (χ3n) is 4.39. The molecule has 0 N–H and O–H groups in total. The molecule has 5 nitrogen and oxygen atoms in total. The van der Waals surface area contributed by atoms with Crippen LogP contribution in [0.5, 0.6) is 0 Å². The summed E-state index contributed by atoms with van der Waals surface area (Å²) in [5.74, 6) is -0.670. The summed E-state index contributed by atoms with van der Waals surface area (Å²) in [6.07, 6.45) is -0.797. The quantitative estimate of drug-likeness (QED) is 0.525. The standard InChI is InChI=1S/C23H24N2O3S/c1-17(28-22(26)13-21-16-29-18(2)24-21)23(27)25(14-19-9-5-3-6-10-19)15-20-11-7-4-8-12-20/h3-12,16-17H,13-15H2,1-2H3. The van der Waals surface area contributed by atoms with Crippen LogP contribution >= 0.6 is 11.3 Å². The number of ether oxygens (including phenoxy) is 1. The Morgan fingerprint density at radius 1 is 1.00 bits per heavy atom. The number of hydrogen-bond acceptors (Lipinski definition) is 5. The number of thiazole rings is 1. The van der Waals surface area contributed by atoms with Gasteiger partial charge in [0.2, 0.25) is 0 Å². The predicted octanol–water partition coefficient (Wildman–Crippen LogP) is 4.15. The number of carbonyl (C=O) groups excluding carboxylic acids is 2. The third-order valence-corrected chi connectivity index (χ3v) is 5.21. The number of rotatable bonds is 8. The molecule has 6 heteroatoms. The summed E-state index contributed by atoms with van der Waals surface area (Å²) >= 11 is 1.48. The molecule has 150 valence electrons. The first-order valence-electron chi connectivity index (χ1n) is 9.48. The fourth-order valence-corrected chi connectivity index (χ4v) is 3.62. The molecule has 0 bridgehead atoms. The van der Waals surface area contributed by atoms with Gasteiger partial charge in [-0.25, -0.2) is 4.98 Å². The molecule has 0 aliphatic carbocycles. The second-order valence-electron chi connectivity index (χ2n) is 6.83. The van der Waals surface area contributed by atoms with E-state index in [0.29, 0.717) is 18.8 Å². The number of carbonyl (C=O) groups is 2. The molecule has 1 unspecified atom stereocenters. The van der Waals surface area contributed by atoms with Crippen LogP contribution < -0.4 is 0 Å². The molecule has 1 atom stereocenters. The van der Waals surface area contributed by atoms with E-state index in [-0.39, 0.29) is 12.3 Å². The largest absolute Gasteiger partial charge is 0.452 e. The van der Waals surface area contributed by atoms with Crippen LogP contribution in [0.25, 0.3) is 0 Å². The Bertz CT molecular complexity index is 900. The Hall–Kier alpha value is -2.99. The van der Waals surface area contributed by atoms with Gasteiger partial charge in [-0.1, -0.05) is 60.7 Å². The van der Waals surface area contributed by atoms with Gasteiger partial charge < -0.3 is 9.64 Å². The zero-order chi connectivity index (χ0) is 20.6. The molecule has 0 aliphatic heterocycles. The van der Waals surface area contributed by atoms with Crippen LogP contribution in [-0.4, -0.2) is 27.9 Å². The van der Waals surface area contributed by atoms with Crippen molar-refractivity contribution in [2.75, 3.05) is 0 Å². The van der Waals surface area contributed by atoms with Crippen LogP contribution in [-0.2, 0) is 33.8 Å². The summed E-state index contributed by atoms with van der Waals surface area (Å²) in [4.78, 5) is 31.3. The molecular formula is C23H24N2O3S. The molecule has 0 spiro atoms. The van der Waals surface area contributed by atoms with Crippen molar-refractivity contribution in [3.8, 4) is 0 Å². The van der Waals surface area contributed by atoms with Gasteiger partial charge in [0.25, 0.3) is 5.91 Å². The van der Waals surface area contributed by atoms with Crippen molar-refractivity contribution in [1.82, 2.24) is 9.88 Å². The van der Waals surface area contributed by atoms with Crippen LogP contribution in [0.3, 0.4) is 0 Å². The Kier molecular flexibility index (Phi) is 7.14. The molecule has 0 saturated heterocycles. The van der Waals surface area contributed by atoms with Crippen LogP contribution in [0.4, 0.5) is 0 Å². The van der Waals surface area contributed by atoms with Crippen molar-refractivity contribution >= 4 is 23.2 Å². The molecule has 3 aromatic rings. The lowest BCUT2D eigenvalue weighted by atomic mass is 10.1. The minimum atomic E-state index is -0.866. The maximum Gasteiger partial charge on any atom is 0.312 e. The fourth-order valence-electron chi connectivity index (χ4n) is 3.00. The normalized spacial score (nSPS) is 11.7. The topological polar surface area (TPSA) is 59.5 Å². The highest BCUT2D eigenvalue weighted by molar-refractivity contribution is 7.09. The minimum Gasteiger partial charge on any atom is -0.452 e. The molecule has 0 saturated carbocycles. The van der Waals surface area contributed by atoms with E-state index in [1.165, 1.54) is 11.3 Å². The first-order valence-corrected chi connectivity index (χ1v) is 10.4. The number of aromatic nitrogens is 1. The van der Waals surface area contributed by atoms with Gasteiger partial charge in [-0.2, -0.15) is 0 Å². The van der Waals surface area contributed by atoms with E-state index in [1.807, 2.05) is 73.0 Å². The highest BCUT2D eigenvalue weighted by Gasteiger charge is 2.24. The molecule has 0 aliphatic rings. The zero-order valence-corrected chi connectivity index (χ0v) is 17.4. The van der Waals surface area contributed by atoms with E-state index in [9.17, 15) is 9.59 Å². The van der Waals surface area contributed by atoms with Gasteiger partial charge in [0, 0.05) is 18.5 Å². The van der Waals surface area contributed by atoms with Gasteiger partial charge in [0.05, 0.1) is 17.1 Å². The average molecular weight is 409 g/mol. The van der Waals surface area contributed by atoms with Gasteiger partial charge in [0.15, 0.2) is 6.10 Å². The molecule has 3 rings (SSSR count). The van der Waals surface area contributed by atoms with E-state index in [2.05, 4.69) is 4.98 Å².